The van der Waals surface area contributed by atoms with E-state index >= 15 is 0 Å². The number of thioether (sulfide) groups is 1. The summed E-state index contributed by atoms with van der Waals surface area (Å²) >= 11 is 1.62. The number of fused-ring (bicyclic) bond motifs is 1. The first-order valence-corrected chi connectivity index (χ1v) is 5.98. The van der Waals surface area contributed by atoms with Crippen LogP contribution in [0.5, 0.6) is 0 Å². The molecule has 1 heterocycles. The average molecular weight is 235 g/mol. The minimum Gasteiger partial charge on any atom is -0.350 e. The molecule has 0 aliphatic carbocycles. The molecule has 0 bridgehead atoms. The second-order valence-electron chi connectivity index (χ2n) is 3.39. The fourth-order valence-corrected chi connectivity index (χ4v) is 2.35. The van der Waals surface area contributed by atoms with Crippen LogP contribution < -0.4 is 11.3 Å². The topological polar surface area (TPSA) is 70.9 Å². The predicted molar refractivity (Wildman–Crippen MR) is 66.0 cm³/mol. The van der Waals surface area contributed by atoms with E-state index in [4.69, 9.17) is 5.84 Å². The normalized spacial score (nSPS) is 10.6. The van der Waals surface area contributed by atoms with E-state index in [1.807, 2.05) is 18.2 Å². The number of hydrazine groups is 1. The van der Waals surface area contributed by atoms with Gasteiger partial charge >= 0.3 is 0 Å². The second-order valence-corrected chi connectivity index (χ2v) is 4.52. The van der Waals surface area contributed by atoms with E-state index in [1.165, 1.54) is 5.39 Å². The molecule has 0 atom stereocenters. The molecule has 1 aromatic carbocycles. The SMILES string of the molecule is NNC(=O)CCSc1cc2ccccc2[nH]1. The number of hydrogen-bond acceptors (Lipinski definition) is 3. The molecular weight excluding hydrogens is 222 g/mol. The quantitative estimate of drug-likeness (QED) is 0.326. The van der Waals surface area contributed by atoms with Crippen molar-refractivity contribution in [3.05, 3.63) is 30.3 Å². The number of aromatic nitrogens is 1. The van der Waals surface area contributed by atoms with Gasteiger partial charge in [-0.15, -0.1) is 11.8 Å². The maximum absolute atomic E-state index is 10.9. The molecule has 84 valence electrons. The summed E-state index contributed by atoms with van der Waals surface area (Å²) in [7, 11) is 0. The monoisotopic (exact) mass is 235 g/mol. The Balaban J connectivity index is 1.97. The van der Waals surface area contributed by atoms with Crippen LogP contribution in [0, 0.1) is 0 Å². The number of nitrogens with two attached hydrogens (primary N) is 1. The van der Waals surface area contributed by atoms with Gasteiger partial charge in [0.1, 0.15) is 0 Å². The Morgan fingerprint density at radius 1 is 1.44 bits per heavy atom. The zero-order valence-electron chi connectivity index (χ0n) is 8.69. The molecule has 0 saturated heterocycles. The molecule has 0 fully saturated rings. The molecule has 1 aromatic heterocycles. The molecule has 0 spiro atoms. The van der Waals surface area contributed by atoms with Crippen molar-refractivity contribution in [3.8, 4) is 0 Å². The van der Waals surface area contributed by atoms with E-state index in [2.05, 4.69) is 22.5 Å². The van der Waals surface area contributed by atoms with Crippen molar-refractivity contribution >= 4 is 28.6 Å². The maximum atomic E-state index is 10.9. The van der Waals surface area contributed by atoms with Gasteiger partial charge in [-0.25, -0.2) is 5.84 Å². The highest BCUT2D eigenvalue weighted by molar-refractivity contribution is 7.99. The highest BCUT2D eigenvalue weighted by Gasteiger charge is 2.02. The molecule has 0 saturated carbocycles. The third-order valence-electron chi connectivity index (χ3n) is 2.25. The van der Waals surface area contributed by atoms with E-state index < -0.39 is 0 Å². The van der Waals surface area contributed by atoms with Crippen molar-refractivity contribution in [2.45, 2.75) is 11.4 Å². The van der Waals surface area contributed by atoms with Gasteiger partial charge in [0.15, 0.2) is 0 Å². The standard InChI is InChI=1S/C11H13N3OS/c12-14-10(15)5-6-16-11-7-8-3-1-2-4-9(8)13-11/h1-4,7,13H,5-6,12H2,(H,14,15). The minimum atomic E-state index is -0.136. The molecule has 2 rings (SSSR count). The van der Waals surface area contributed by atoms with Gasteiger partial charge in [-0.2, -0.15) is 0 Å². The maximum Gasteiger partial charge on any atom is 0.234 e. The highest BCUT2D eigenvalue weighted by atomic mass is 32.2. The summed E-state index contributed by atoms with van der Waals surface area (Å²) in [6.45, 7) is 0. The lowest BCUT2D eigenvalue weighted by atomic mass is 10.3. The molecule has 4 N–H and O–H groups in total. The van der Waals surface area contributed by atoms with Gasteiger partial charge in [-0.1, -0.05) is 18.2 Å². The number of aromatic amines is 1. The van der Waals surface area contributed by atoms with Crippen molar-refractivity contribution < 1.29 is 4.79 Å². The number of rotatable bonds is 4. The molecule has 0 unspecified atom stereocenters. The third-order valence-corrected chi connectivity index (χ3v) is 3.19. The van der Waals surface area contributed by atoms with Crippen molar-refractivity contribution in [1.29, 1.82) is 0 Å². The van der Waals surface area contributed by atoms with Crippen LogP contribution in [0.4, 0.5) is 0 Å². The number of amides is 1. The summed E-state index contributed by atoms with van der Waals surface area (Å²) in [5.41, 5.74) is 3.23. The zero-order valence-corrected chi connectivity index (χ0v) is 9.51. The first-order chi connectivity index (χ1) is 7.79. The molecule has 5 heteroatoms. The minimum absolute atomic E-state index is 0.136. The Labute approximate surface area is 97.6 Å². The molecule has 1 amide bonds. The van der Waals surface area contributed by atoms with Gasteiger partial charge < -0.3 is 4.98 Å². The number of benzene rings is 1. The van der Waals surface area contributed by atoms with Crippen LogP contribution in [0.15, 0.2) is 35.4 Å². The van der Waals surface area contributed by atoms with E-state index in [-0.39, 0.29) is 5.91 Å². The van der Waals surface area contributed by atoms with Gasteiger partial charge in [0.25, 0.3) is 0 Å². The number of carbonyl (C=O) groups is 1. The summed E-state index contributed by atoms with van der Waals surface area (Å²) in [5.74, 6) is 5.58. The van der Waals surface area contributed by atoms with E-state index in [0.717, 1.165) is 16.3 Å². The van der Waals surface area contributed by atoms with E-state index in [0.29, 0.717) is 6.42 Å². The lowest BCUT2D eigenvalue weighted by Crippen LogP contribution is -2.30. The van der Waals surface area contributed by atoms with Gasteiger partial charge in [0.05, 0.1) is 5.03 Å². The lowest BCUT2D eigenvalue weighted by molar-refractivity contribution is -0.120. The Morgan fingerprint density at radius 2 is 2.25 bits per heavy atom. The van der Waals surface area contributed by atoms with Crippen LogP contribution in [0.25, 0.3) is 10.9 Å². The Morgan fingerprint density at radius 3 is 3.00 bits per heavy atom. The smallest absolute Gasteiger partial charge is 0.234 e. The first-order valence-electron chi connectivity index (χ1n) is 4.99. The largest absolute Gasteiger partial charge is 0.350 e. The first kappa shape index (κ1) is 11.0. The number of hydrogen-bond donors (Lipinski definition) is 3. The molecule has 0 radical (unpaired) electrons. The fourth-order valence-electron chi connectivity index (χ4n) is 1.45. The molecule has 0 aliphatic rings. The Hall–Kier alpha value is -1.46. The molecular formula is C11H13N3OS. The summed E-state index contributed by atoms with van der Waals surface area (Å²) in [4.78, 5) is 14.2. The van der Waals surface area contributed by atoms with Crippen molar-refractivity contribution in [1.82, 2.24) is 10.4 Å². The summed E-state index contributed by atoms with van der Waals surface area (Å²) in [6.07, 6.45) is 0.427. The number of para-hydroxylation sites is 1. The molecule has 16 heavy (non-hydrogen) atoms. The lowest BCUT2D eigenvalue weighted by Gasteiger charge is -1.97. The van der Waals surface area contributed by atoms with Crippen LogP contribution in [0.2, 0.25) is 0 Å². The van der Waals surface area contributed by atoms with Gasteiger partial charge in [-0.3, -0.25) is 10.2 Å². The average Bonchev–Trinajstić information content (AvgIpc) is 2.71. The number of carbonyl (C=O) groups excluding carboxylic acids is 1. The van der Waals surface area contributed by atoms with Gasteiger partial charge in [0, 0.05) is 23.1 Å². The Bertz CT molecular complexity index is 462. The van der Waals surface area contributed by atoms with Crippen LogP contribution in [0.3, 0.4) is 0 Å². The summed E-state index contributed by atoms with van der Waals surface area (Å²) in [5, 5.41) is 2.26. The van der Waals surface area contributed by atoms with E-state index in [1.54, 1.807) is 11.8 Å². The van der Waals surface area contributed by atoms with Crippen LogP contribution in [-0.2, 0) is 4.79 Å². The van der Waals surface area contributed by atoms with E-state index in [9.17, 15) is 4.79 Å². The predicted octanol–water partition coefficient (Wildman–Crippen LogP) is 1.64. The third kappa shape index (κ3) is 2.56. The number of H-pyrrole nitrogens is 1. The van der Waals surface area contributed by atoms with Crippen molar-refractivity contribution in [3.63, 3.8) is 0 Å². The van der Waals surface area contributed by atoms with Crippen molar-refractivity contribution in [2.24, 2.45) is 5.84 Å². The molecule has 2 aromatic rings. The van der Waals surface area contributed by atoms with Crippen molar-refractivity contribution in [2.75, 3.05) is 5.75 Å². The second kappa shape index (κ2) is 5.05. The Kier molecular flexibility index (Phi) is 3.48. The number of nitrogens with one attached hydrogen (secondary N) is 2. The van der Waals surface area contributed by atoms with Crippen LogP contribution in [0.1, 0.15) is 6.42 Å². The van der Waals surface area contributed by atoms with Crippen LogP contribution >= 0.6 is 11.8 Å². The fraction of sp³-hybridized carbons (Fsp3) is 0.182. The summed E-state index contributed by atoms with van der Waals surface area (Å²) in [6, 6.07) is 10.2. The van der Waals surface area contributed by atoms with Gasteiger partial charge in [0.2, 0.25) is 5.91 Å². The highest BCUT2D eigenvalue weighted by Crippen LogP contribution is 2.23. The van der Waals surface area contributed by atoms with Gasteiger partial charge in [-0.05, 0) is 12.1 Å². The summed E-state index contributed by atoms with van der Waals surface area (Å²) < 4.78 is 0. The zero-order chi connectivity index (χ0) is 11.4. The van der Waals surface area contributed by atoms with Crippen LogP contribution in [-0.4, -0.2) is 16.6 Å². The molecule has 0 aliphatic heterocycles. The molecule has 4 nitrogen and oxygen atoms in total.